The van der Waals surface area contributed by atoms with Gasteiger partial charge in [0.05, 0.1) is 3.57 Å². The van der Waals surface area contributed by atoms with Crippen LogP contribution >= 0.6 is 22.6 Å². The number of nitrogens with one attached hydrogen (secondary N) is 1. The zero-order valence-electron chi connectivity index (χ0n) is 11.5. The van der Waals surface area contributed by atoms with Gasteiger partial charge >= 0.3 is 0 Å². The number of ether oxygens (including phenoxy) is 1. The van der Waals surface area contributed by atoms with Crippen molar-refractivity contribution in [3.05, 3.63) is 63.4 Å². The monoisotopic (exact) mass is 391 g/mol. The van der Waals surface area contributed by atoms with Crippen molar-refractivity contribution in [3.63, 3.8) is 0 Å². The lowest BCUT2D eigenvalue weighted by atomic mass is 10.1. The van der Waals surface area contributed by atoms with E-state index in [2.05, 4.69) is 27.6 Å². The second-order valence-electron chi connectivity index (χ2n) is 4.81. The van der Waals surface area contributed by atoms with E-state index in [1.54, 1.807) is 0 Å². The number of aryl methyl sites for hydroxylation is 1. The van der Waals surface area contributed by atoms with Gasteiger partial charge in [-0.2, -0.15) is 0 Å². The molecule has 0 atom stereocenters. The highest BCUT2D eigenvalue weighted by Gasteiger charge is 2.16. The predicted molar refractivity (Wildman–Crippen MR) is 92.0 cm³/mol. The van der Waals surface area contributed by atoms with E-state index in [9.17, 15) is 4.79 Å². The van der Waals surface area contributed by atoms with E-state index in [1.807, 2.05) is 55.5 Å². The summed E-state index contributed by atoms with van der Waals surface area (Å²) in [5, 5.41) is 0.950. The van der Waals surface area contributed by atoms with Gasteiger partial charge in [0, 0.05) is 22.2 Å². The van der Waals surface area contributed by atoms with Crippen molar-refractivity contribution in [3.8, 4) is 5.75 Å². The lowest BCUT2D eigenvalue weighted by molar-refractivity contribution is 0.0922. The van der Waals surface area contributed by atoms with Crippen LogP contribution in [0.1, 0.15) is 16.1 Å². The molecule has 0 unspecified atom stereocenters. The zero-order valence-corrected chi connectivity index (χ0v) is 13.7. The molecule has 0 saturated carbocycles. The minimum absolute atomic E-state index is 0.00963. The van der Waals surface area contributed by atoms with Crippen LogP contribution in [-0.2, 0) is 0 Å². The first-order valence-corrected chi connectivity index (χ1v) is 7.72. The molecule has 0 spiro atoms. The summed E-state index contributed by atoms with van der Waals surface area (Å²) in [6, 6.07) is 15.5. The number of H-pyrrole nitrogens is 1. The fraction of sp³-hybridized carbons (Fsp3) is 0.118. The van der Waals surface area contributed by atoms with Gasteiger partial charge in [-0.1, -0.05) is 30.3 Å². The number of carbonyl (C=O) groups is 1. The quantitative estimate of drug-likeness (QED) is 0.531. The molecule has 0 saturated heterocycles. The van der Waals surface area contributed by atoms with Crippen LogP contribution in [0.5, 0.6) is 5.75 Å². The van der Waals surface area contributed by atoms with Crippen LogP contribution in [0, 0.1) is 10.5 Å². The Bertz CT molecular complexity index is 807. The first-order chi connectivity index (χ1) is 10.2. The van der Waals surface area contributed by atoms with E-state index in [-0.39, 0.29) is 12.4 Å². The standard InChI is InChI=1S/C17H14INO2/c1-11-17(12-6-2-4-8-14(12)19-11)15(20)10-21-16-9-5-3-7-13(16)18/h2-9,19H,10H2,1H3. The van der Waals surface area contributed by atoms with E-state index >= 15 is 0 Å². The first-order valence-electron chi connectivity index (χ1n) is 6.64. The number of carbonyl (C=O) groups excluding carboxylic acids is 1. The molecule has 1 aromatic heterocycles. The van der Waals surface area contributed by atoms with Crippen LogP contribution in [0.4, 0.5) is 0 Å². The van der Waals surface area contributed by atoms with Gasteiger partial charge in [-0.3, -0.25) is 4.79 Å². The Morgan fingerprint density at radius 2 is 1.86 bits per heavy atom. The summed E-state index contributed by atoms with van der Waals surface area (Å²) in [6.45, 7) is 1.96. The van der Waals surface area contributed by atoms with Crippen LogP contribution in [-0.4, -0.2) is 17.4 Å². The fourth-order valence-electron chi connectivity index (χ4n) is 2.41. The van der Waals surface area contributed by atoms with Gasteiger partial charge in [-0.05, 0) is 47.7 Å². The number of aromatic amines is 1. The number of fused-ring (bicyclic) bond motifs is 1. The number of hydrogen-bond acceptors (Lipinski definition) is 2. The Morgan fingerprint density at radius 1 is 1.14 bits per heavy atom. The maximum absolute atomic E-state index is 12.5. The predicted octanol–water partition coefficient (Wildman–Crippen LogP) is 4.34. The third-order valence-corrected chi connectivity index (χ3v) is 4.26. The van der Waals surface area contributed by atoms with Crippen LogP contribution in [0.3, 0.4) is 0 Å². The zero-order chi connectivity index (χ0) is 14.8. The van der Waals surface area contributed by atoms with Crippen LogP contribution in [0.2, 0.25) is 0 Å². The third-order valence-electron chi connectivity index (χ3n) is 3.37. The molecule has 2 aromatic carbocycles. The van der Waals surface area contributed by atoms with Crippen molar-refractivity contribution in [2.24, 2.45) is 0 Å². The van der Waals surface area contributed by atoms with Gasteiger partial charge in [0.2, 0.25) is 5.78 Å². The highest BCUT2D eigenvalue weighted by molar-refractivity contribution is 14.1. The molecule has 0 aliphatic carbocycles. The number of para-hydroxylation sites is 2. The summed E-state index contributed by atoms with van der Waals surface area (Å²) >= 11 is 2.20. The smallest absolute Gasteiger partial charge is 0.202 e. The minimum Gasteiger partial charge on any atom is -0.484 e. The van der Waals surface area contributed by atoms with Crippen molar-refractivity contribution in [1.82, 2.24) is 4.98 Å². The number of hydrogen-bond donors (Lipinski definition) is 1. The van der Waals surface area contributed by atoms with Crippen LogP contribution in [0.15, 0.2) is 48.5 Å². The van der Waals surface area contributed by atoms with Gasteiger partial charge in [0.15, 0.2) is 6.61 Å². The number of aromatic nitrogens is 1. The molecule has 0 aliphatic rings. The summed E-state index contributed by atoms with van der Waals surface area (Å²) in [4.78, 5) is 15.7. The highest BCUT2D eigenvalue weighted by atomic mass is 127. The van der Waals surface area contributed by atoms with Gasteiger partial charge < -0.3 is 9.72 Å². The van der Waals surface area contributed by atoms with Crippen molar-refractivity contribution in [2.75, 3.05) is 6.61 Å². The summed E-state index contributed by atoms with van der Waals surface area (Å²) in [7, 11) is 0. The van der Waals surface area contributed by atoms with Gasteiger partial charge in [0.25, 0.3) is 0 Å². The molecule has 4 heteroatoms. The van der Waals surface area contributed by atoms with Gasteiger partial charge in [0.1, 0.15) is 5.75 Å². The first kappa shape index (κ1) is 14.1. The van der Waals surface area contributed by atoms with Crippen LogP contribution < -0.4 is 4.74 Å². The topological polar surface area (TPSA) is 42.1 Å². The molecule has 0 bridgehead atoms. The molecule has 1 N–H and O–H groups in total. The Balaban J connectivity index is 1.85. The largest absolute Gasteiger partial charge is 0.484 e. The molecule has 0 aliphatic heterocycles. The molecular weight excluding hydrogens is 377 g/mol. The van der Waals surface area contributed by atoms with Gasteiger partial charge in [-0.25, -0.2) is 0 Å². The molecule has 0 fully saturated rings. The van der Waals surface area contributed by atoms with E-state index < -0.39 is 0 Å². The van der Waals surface area contributed by atoms with E-state index in [1.165, 1.54) is 0 Å². The van der Waals surface area contributed by atoms with E-state index in [0.717, 1.165) is 31.5 Å². The Morgan fingerprint density at radius 3 is 2.67 bits per heavy atom. The number of halogens is 1. The summed E-state index contributed by atoms with van der Waals surface area (Å²) in [5.41, 5.74) is 2.58. The lowest BCUT2D eigenvalue weighted by Crippen LogP contribution is -2.12. The second kappa shape index (κ2) is 5.89. The molecule has 21 heavy (non-hydrogen) atoms. The molecular formula is C17H14INO2. The number of benzene rings is 2. The Kier molecular flexibility index (Phi) is 3.96. The normalized spacial score (nSPS) is 10.8. The Labute approximate surface area is 136 Å². The highest BCUT2D eigenvalue weighted by Crippen LogP contribution is 2.24. The maximum atomic E-state index is 12.5. The minimum atomic E-state index is -0.00963. The number of ketones is 1. The van der Waals surface area contributed by atoms with Crippen molar-refractivity contribution < 1.29 is 9.53 Å². The number of rotatable bonds is 4. The average molecular weight is 391 g/mol. The van der Waals surface area contributed by atoms with Crippen molar-refractivity contribution >= 4 is 39.3 Å². The van der Waals surface area contributed by atoms with Crippen LogP contribution in [0.25, 0.3) is 10.9 Å². The van der Waals surface area contributed by atoms with E-state index in [4.69, 9.17) is 4.74 Å². The number of Topliss-reactive ketones (excluding diaryl/α,β-unsaturated/α-hetero) is 1. The summed E-state index contributed by atoms with van der Waals surface area (Å²) in [5.74, 6) is 0.730. The van der Waals surface area contributed by atoms with Crippen molar-refractivity contribution in [1.29, 1.82) is 0 Å². The maximum Gasteiger partial charge on any atom is 0.202 e. The summed E-state index contributed by atoms with van der Waals surface area (Å²) < 4.78 is 6.65. The van der Waals surface area contributed by atoms with Crippen molar-refractivity contribution in [2.45, 2.75) is 6.92 Å². The Hall–Kier alpha value is -1.82. The molecule has 1 heterocycles. The molecule has 3 rings (SSSR count). The molecule has 3 nitrogen and oxygen atoms in total. The SMILES string of the molecule is Cc1[nH]c2ccccc2c1C(=O)COc1ccccc1I. The molecule has 0 amide bonds. The average Bonchev–Trinajstić information content (AvgIpc) is 2.82. The lowest BCUT2D eigenvalue weighted by Gasteiger charge is -2.07. The molecule has 106 valence electrons. The molecule has 3 aromatic rings. The second-order valence-corrected chi connectivity index (χ2v) is 5.98. The molecule has 0 radical (unpaired) electrons. The van der Waals surface area contributed by atoms with E-state index in [0.29, 0.717) is 0 Å². The fourth-order valence-corrected chi connectivity index (χ4v) is 2.96. The third kappa shape index (κ3) is 2.81. The van der Waals surface area contributed by atoms with Gasteiger partial charge in [-0.15, -0.1) is 0 Å². The summed E-state index contributed by atoms with van der Waals surface area (Å²) in [6.07, 6.45) is 0.